The Labute approximate surface area is 138 Å². The van der Waals surface area contributed by atoms with Gasteiger partial charge in [-0.05, 0) is 51.2 Å². The quantitative estimate of drug-likeness (QED) is 0.778. The Hall–Kier alpha value is -1.59. The van der Waals surface area contributed by atoms with Crippen molar-refractivity contribution in [3.63, 3.8) is 0 Å². The van der Waals surface area contributed by atoms with Gasteiger partial charge in [0, 0.05) is 6.54 Å². The molecule has 2 rings (SSSR count). The van der Waals surface area contributed by atoms with E-state index < -0.39 is 6.10 Å². The summed E-state index contributed by atoms with van der Waals surface area (Å²) in [7, 11) is 0. The number of rotatable bonds is 5. The van der Waals surface area contributed by atoms with Crippen LogP contribution < -0.4 is 5.32 Å². The van der Waals surface area contributed by atoms with Gasteiger partial charge in [-0.25, -0.2) is 4.79 Å². The van der Waals surface area contributed by atoms with E-state index in [2.05, 4.69) is 30.4 Å². The summed E-state index contributed by atoms with van der Waals surface area (Å²) in [6.45, 7) is 5.56. The highest BCUT2D eigenvalue weighted by Crippen LogP contribution is 2.30. The molecule has 2 amide bonds. The van der Waals surface area contributed by atoms with E-state index in [1.165, 1.54) is 21.6 Å². The molecule has 1 aliphatic carbocycles. The first kappa shape index (κ1) is 17.8. The van der Waals surface area contributed by atoms with Crippen molar-refractivity contribution in [3.8, 4) is 0 Å². The predicted octanol–water partition coefficient (Wildman–Crippen LogP) is 2.15. The second-order valence-corrected chi connectivity index (χ2v) is 6.63. The number of fused-ring (bicyclic) bond motifs is 1. The summed E-state index contributed by atoms with van der Waals surface area (Å²) in [5.41, 5.74) is 3.68. The molecule has 23 heavy (non-hydrogen) atoms. The molecule has 0 radical (unpaired) electrons. The number of benzene rings is 1. The van der Waals surface area contributed by atoms with Crippen molar-refractivity contribution in [3.05, 3.63) is 34.9 Å². The number of carbonyl (C=O) groups is 1. The van der Waals surface area contributed by atoms with Crippen molar-refractivity contribution in [2.45, 2.75) is 58.2 Å². The SMILES string of the molecule is Cc1ccc2c(c1)[C@H](NC(=O)N(C[C@H](C)O)[C@H](C)CO)CCC2. The number of aliphatic hydroxyl groups is 2. The third kappa shape index (κ3) is 4.45. The summed E-state index contributed by atoms with van der Waals surface area (Å²) in [6.07, 6.45) is 2.38. The molecular weight excluding hydrogens is 292 g/mol. The smallest absolute Gasteiger partial charge is 0.318 e. The molecule has 1 aromatic carbocycles. The summed E-state index contributed by atoms with van der Waals surface area (Å²) in [4.78, 5) is 14.1. The number of carbonyl (C=O) groups excluding carboxylic acids is 1. The molecule has 0 saturated carbocycles. The van der Waals surface area contributed by atoms with Crippen LogP contribution in [0.4, 0.5) is 4.79 Å². The highest BCUT2D eigenvalue weighted by Gasteiger charge is 2.26. The Morgan fingerprint density at radius 3 is 2.83 bits per heavy atom. The lowest BCUT2D eigenvalue weighted by Crippen LogP contribution is -2.50. The largest absolute Gasteiger partial charge is 0.394 e. The molecule has 0 saturated heterocycles. The highest BCUT2D eigenvalue weighted by atomic mass is 16.3. The van der Waals surface area contributed by atoms with Gasteiger partial charge in [-0.15, -0.1) is 0 Å². The van der Waals surface area contributed by atoms with Gasteiger partial charge in [-0.1, -0.05) is 23.8 Å². The lowest BCUT2D eigenvalue weighted by Gasteiger charge is -2.33. The van der Waals surface area contributed by atoms with E-state index in [-0.39, 0.29) is 31.3 Å². The molecule has 5 nitrogen and oxygen atoms in total. The number of hydrogen-bond donors (Lipinski definition) is 3. The van der Waals surface area contributed by atoms with Crippen LogP contribution in [0.3, 0.4) is 0 Å². The Morgan fingerprint density at radius 1 is 1.43 bits per heavy atom. The van der Waals surface area contributed by atoms with Gasteiger partial charge in [0.2, 0.25) is 0 Å². The summed E-state index contributed by atoms with van der Waals surface area (Å²) in [5.74, 6) is 0. The zero-order valence-electron chi connectivity index (χ0n) is 14.2. The highest BCUT2D eigenvalue weighted by molar-refractivity contribution is 5.75. The van der Waals surface area contributed by atoms with Crippen molar-refractivity contribution >= 4 is 6.03 Å². The summed E-state index contributed by atoms with van der Waals surface area (Å²) in [5, 5.41) is 22.1. The van der Waals surface area contributed by atoms with Crippen molar-refractivity contribution in [1.82, 2.24) is 10.2 Å². The first-order valence-electron chi connectivity index (χ1n) is 8.37. The second kappa shape index (κ2) is 7.79. The van der Waals surface area contributed by atoms with Crippen LogP contribution in [-0.2, 0) is 6.42 Å². The maximum Gasteiger partial charge on any atom is 0.318 e. The molecule has 0 spiro atoms. The van der Waals surface area contributed by atoms with Crippen LogP contribution in [0.15, 0.2) is 18.2 Å². The number of nitrogens with zero attached hydrogens (tertiary/aromatic N) is 1. The Bertz CT molecular complexity index is 545. The molecule has 1 aromatic rings. The first-order valence-corrected chi connectivity index (χ1v) is 8.37. The van der Waals surface area contributed by atoms with Crippen LogP contribution in [0, 0.1) is 6.92 Å². The molecule has 0 aromatic heterocycles. The number of urea groups is 1. The molecule has 128 valence electrons. The topological polar surface area (TPSA) is 72.8 Å². The fourth-order valence-corrected chi connectivity index (χ4v) is 3.15. The maximum absolute atomic E-state index is 12.6. The lowest BCUT2D eigenvalue weighted by atomic mass is 9.87. The van der Waals surface area contributed by atoms with E-state index in [1.54, 1.807) is 13.8 Å². The van der Waals surface area contributed by atoms with E-state index in [0.717, 1.165) is 19.3 Å². The number of aliphatic hydroxyl groups excluding tert-OH is 2. The van der Waals surface area contributed by atoms with Gasteiger partial charge in [0.15, 0.2) is 0 Å². The van der Waals surface area contributed by atoms with Crippen LogP contribution >= 0.6 is 0 Å². The molecule has 3 atom stereocenters. The van der Waals surface area contributed by atoms with Gasteiger partial charge in [-0.2, -0.15) is 0 Å². The molecule has 1 aliphatic rings. The van der Waals surface area contributed by atoms with Gasteiger partial charge in [-0.3, -0.25) is 0 Å². The monoisotopic (exact) mass is 320 g/mol. The second-order valence-electron chi connectivity index (χ2n) is 6.63. The average Bonchev–Trinajstić information content (AvgIpc) is 2.52. The minimum atomic E-state index is -0.629. The van der Waals surface area contributed by atoms with Crippen molar-refractivity contribution in [2.75, 3.05) is 13.2 Å². The minimum Gasteiger partial charge on any atom is -0.394 e. The van der Waals surface area contributed by atoms with Crippen molar-refractivity contribution in [2.24, 2.45) is 0 Å². The summed E-state index contributed by atoms with van der Waals surface area (Å²) < 4.78 is 0. The van der Waals surface area contributed by atoms with Gasteiger partial charge in [0.1, 0.15) is 0 Å². The Balaban J connectivity index is 2.14. The standard InChI is InChI=1S/C18H28N2O3/c1-12-7-8-15-5-4-6-17(16(15)9-12)19-18(23)20(10-14(3)22)13(2)11-21/h7-9,13-14,17,21-22H,4-6,10-11H2,1-3H3,(H,19,23)/t13-,14+,17-/m1/s1. The van der Waals surface area contributed by atoms with E-state index in [4.69, 9.17) is 0 Å². The third-order valence-electron chi connectivity index (χ3n) is 4.43. The number of aryl methyl sites for hydroxylation is 2. The van der Waals surface area contributed by atoms with Crippen molar-refractivity contribution in [1.29, 1.82) is 0 Å². The molecule has 0 fully saturated rings. The number of hydrogen-bond acceptors (Lipinski definition) is 3. The lowest BCUT2D eigenvalue weighted by molar-refractivity contribution is 0.0920. The first-order chi connectivity index (χ1) is 10.9. The van der Waals surface area contributed by atoms with Crippen LogP contribution in [0.2, 0.25) is 0 Å². The summed E-state index contributed by atoms with van der Waals surface area (Å²) in [6, 6.07) is 5.84. The average molecular weight is 320 g/mol. The molecular formula is C18H28N2O3. The summed E-state index contributed by atoms with van der Waals surface area (Å²) >= 11 is 0. The van der Waals surface area contributed by atoms with E-state index in [0.29, 0.717) is 0 Å². The van der Waals surface area contributed by atoms with Crippen LogP contribution in [0.1, 0.15) is 49.4 Å². The molecule has 0 heterocycles. The molecule has 5 heteroatoms. The molecule has 0 unspecified atom stereocenters. The van der Waals surface area contributed by atoms with Crippen LogP contribution in [-0.4, -0.2) is 46.4 Å². The fraction of sp³-hybridized carbons (Fsp3) is 0.611. The zero-order valence-corrected chi connectivity index (χ0v) is 14.2. The molecule has 3 N–H and O–H groups in total. The number of nitrogens with one attached hydrogen (secondary N) is 1. The van der Waals surface area contributed by atoms with Crippen molar-refractivity contribution < 1.29 is 15.0 Å². The predicted molar refractivity (Wildman–Crippen MR) is 90.3 cm³/mol. The normalized spacial score (nSPS) is 19.6. The van der Waals surface area contributed by atoms with Crippen LogP contribution in [0.25, 0.3) is 0 Å². The molecule has 0 aliphatic heterocycles. The van der Waals surface area contributed by atoms with E-state index >= 15 is 0 Å². The fourth-order valence-electron chi connectivity index (χ4n) is 3.15. The van der Waals surface area contributed by atoms with Crippen LogP contribution in [0.5, 0.6) is 0 Å². The Morgan fingerprint density at radius 2 is 2.17 bits per heavy atom. The minimum absolute atomic E-state index is 0.00598. The van der Waals surface area contributed by atoms with E-state index in [9.17, 15) is 15.0 Å². The van der Waals surface area contributed by atoms with Gasteiger partial charge < -0.3 is 20.4 Å². The third-order valence-corrected chi connectivity index (χ3v) is 4.43. The van der Waals surface area contributed by atoms with Gasteiger partial charge >= 0.3 is 6.03 Å². The van der Waals surface area contributed by atoms with E-state index in [1.807, 2.05) is 0 Å². The van der Waals surface area contributed by atoms with Gasteiger partial charge in [0.05, 0.1) is 24.8 Å². The maximum atomic E-state index is 12.6. The Kier molecular flexibility index (Phi) is 6.02. The molecule has 0 bridgehead atoms. The van der Waals surface area contributed by atoms with Gasteiger partial charge in [0.25, 0.3) is 0 Å². The zero-order chi connectivity index (χ0) is 17.0. The number of amides is 2.